The van der Waals surface area contributed by atoms with Crippen LogP contribution in [0.2, 0.25) is 0 Å². The molecule has 0 saturated heterocycles. The van der Waals surface area contributed by atoms with Crippen LogP contribution in [-0.4, -0.2) is 5.54 Å². The number of para-hydroxylation sites is 1. The Balaban J connectivity index is 2.09. The molecule has 0 aliphatic heterocycles. The van der Waals surface area contributed by atoms with Gasteiger partial charge in [0.15, 0.2) is 11.6 Å². The van der Waals surface area contributed by atoms with Gasteiger partial charge in [-0.25, -0.2) is 4.39 Å². The van der Waals surface area contributed by atoms with Crippen LogP contribution in [0.3, 0.4) is 0 Å². The summed E-state index contributed by atoms with van der Waals surface area (Å²) in [6.07, 6.45) is 0. The Labute approximate surface area is 123 Å². The average Bonchev–Trinajstić information content (AvgIpc) is 2.87. The Morgan fingerprint density at radius 1 is 1.20 bits per heavy atom. The lowest BCUT2D eigenvalue weighted by Crippen LogP contribution is -2.35. The molecule has 1 heterocycles. The van der Waals surface area contributed by atoms with Gasteiger partial charge in [-0.2, -0.15) is 0 Å². The van der Waals surface area contributed by atoms with Crippen molar-refractivity contribution in [3.8, 4) is 5.75 Å². The summed E-state index contributed by atoms with van der Waals surface area (Å²) in [4.78, 5) is 1.09. The van der Waals surface area contributed by atoms with E-state index in [0.29, 0.717) is 18.9 Å². The van der Waals surface area contributed by atoms with E-state index in [-0.39, 0.29) is 11.4 Å². The number of hydrogen-bond acceptors (Lipinski definition) is 3. The van der Waals surface area contributed by atoms with Crippen molar-refractivity contribution in [2.75, 3.05) is 0 Å². The van der Waals surface area contributed by atoms with E-state index in [4.69, 9.17) is 4.74 Å². The van der Waals surface area contributed by atoms with Crippen LogP contribution in [0, 0.1) is 5.82 Å². The summed E-state index contributed by atoms with van der Waals surface area (Å²) in [5, 5.41) is 5.34. The van der Waals surface area contributed by atoms with Crippen molar-refractivity contribution in [3.05, 3.63) is 52.0 Å². The predicted octanol–water partition coefficient (Wildman–Crippen LogP) is 4.35. The fourth-order valence-electron chi connectivity index (χ4n) is 1.75. The fourth-order valence-corrected chi connectivity index (χ4v) is 2.37. The zero-order chi connectivity index (χ0) is 14.6. The highest BCUT2D eigenvalue weighted by atomic mass is 32.1. The van der Waals surface area contributed by atoms with Gasteiger partial charge in [-0.1, -0.05) is 18.2 Å². The molecule has 0 radical (unpaired) electrons. The summed E-state index contributed by atoms with van der Waals surface area (Å²) >= 11 is 1.61. The van der Waals surface area contributed by atoms with Crippen LogP contribution < -0.4 is 10.1 Å². The summed E-state index contributed by atoms with van der Waals surface area (Å²) < 4.78 is 19.6. The molecule has 2 rings (SSSR count). The third-order valence-electron chi connectivity index (χ3n) is 2.80. The molecule has 0 aliphatic carbocycles. The normalized spacial score (nSPS) is 11.6. The van der Waals surface area contributed by atoms with Crippen molar-refractivity contribution in [1.29, 1.82) is 0 Å². The second-order valence-corrected chi connectivity index (χ2v) is 6.73. The minimum Gasteiger partial charge on any atom is -0.485 e. The Kier molecular flexibility index (Phi) is 4.78. The van der Waals surface area contributed by atoms with E-state index in [2.05, 4.69) is 26.1 Å². The molecule has 0 fully saturated rings. The topological polar surface area (TPSA) is 21.3 Å². The molecule has 2 nitrogen and oxygen atoms in total. The molecule has 4 heteroatoms. The standard InChI is InChI=1S/C16H20FNOS/c1-16(2,3)18-10-12-6-4-8-14(17)15(12)19-11-13-7-5-9-20-13/h4-9,18H,10-11H2,1-3H3. The number of nitrogens with one attached hydrogen (secondary N) is 1. The SMILES string of the molecule is CC(C)(C)NCc1cccc(F)c1OCc1cccs1. The van der Waals surface area contributed by atoms with Crippen LogP contribution >= 0.6 is 11.3 Å². The maximum Gasteiger partial charge on any atom is 0.165 e. The second kappa shape index (κ2) is 6.37. The summed E-state index contributed by atoms with van der Waals surface area (Å²) in [5.74, 6) is 0.0346. The number of ether oxygens (including phenoxy) is 1. The Morgan fingerprint density at radius 3 is 2.65 bits per heavy atom. The van der Waals surface area contributed by atoms with Gasteiger partial charge in [-0.3, -0.25) is 0 Å². The van der Waals surface area contributed by atoms with Crippen LogP contribution in [0.25, 0.3) is 0 Å². The van der Waals surface area contributed by atoms with E-state index in [1.165, 1.54) is 6.07 Å². The molecule has 0 amide bonds. The molecule has 0 unspecified atom stereocenters. The summed E-state index contributed by atoms with van der Waals surface area (Å²) in [5.41, 5.74) is 0.827. The lowest BCUT2D eigenvalue weighted by molar-refractivity contribution is 0.287. The highest BCUT2D eigenvalue weighted by molar-refractivity contribution is 7.09. The molecule has 2 aromatic rings. The van der Waals surface area contributed by atoms with Crippen LogP contribution in [-0.2, 0) is 13.2 Å². The molecule has 0 saturated carbocycles. The highest BCUT2D eigenvalue weighted by Gasteiger charge is 2.14. The van der Waals surface area contributed by atoms with Gasteiger partial charge in [0, 0.05) is 22.5 Å². The van der Waals surface area contributed by atoms with Crippen LogP contribution in [0.4, 0.5) is 4.39 Å². The first-order valence-corrected chi connectivity index (χ1v) is 7.51. The zero-order valence-electron chi connectivity index (χ0n) is 12.1. The fraction of sp³-hybridized carbons (Fsp3) is 0.375. The third kappa shape index (κ3) is 4.32. The summed E-state index contributed by atoms with van der Waals surface area (Å²) in [6, 6.07) is 8.99. The molecule has 1 N–H and O–H groups in total. The Bertz CT molecular complexity index is 546. The quantitative estimate of drug-likeness (QED) is 0.884. The number of hydrogen-bond donors (Lipinski definition) is 1. The number of benzene rings is 1. The molecular weight excluding hydrogens is 273 g/mol. The van der Waals surface area contributed by atoms with Crippen molar-refractivity contribution in [3.63, 3.8) is 0 Å². The first-order valence-electron chi connectivity index (χ1n) is 6.63. The molecule has 0 bridgehead atoms. The van der Waals surface area contributed by atoms with Crippen LogP contribution in [0.5, 0.6) is 5.75 Å². The minimum atomic E-state index is -0.310. The lowest BCUT2D eigenvalue weighted by Gasteiger charge is -2.21. The molecule has 0 spiro atoms. The van der Waals surface area contributed by atoms with Crippen LogP contribution in [0.15, 0.2) is 35.7 Å². The number of rotatable bonds is 5. The molecule has 108 valence electrons. The van der Waals surface area contributed by atoms with Crippen molar-refractivity contribution >= 4 is 11.3 Å². The van der Waals surface area contributed by atoms with E-state index >= 15 is 0 Å². The van der Waals surface area contributed by atoms with Crippen molar-refractivity contribution in [1.82, 2.24) is 5.32 Å². The van der Waals surface area contributed by atoms with Gasteiger partial charge in [-0.05, 0) is 38.3 Å². The second-order valence-electron chi connectivity index (χ2n) is 5.70. The van der Waals surface area contributed by atoms with Gasteiger partial charge in [0.1, 0.15) is 6.61 Å². The summed E-state index contributed by atoms with van der Waals surface area (Å²) in [7, 11) is 0. The number of thiophene rings is 1. The Morgan fingerprint density at radius 2 is 2.00 bits per heavy atom. The minimum absolute atomic E-state index is 0.0165. The monoisotopic (exact) mass is 293 g/mol. The van der Waals surface area contributed by atoms with Crippen molar-refractivity contribution in [2.45, 2.75) is 39.5 Å². The van der Waals surface area contributed by atoms with E-state index in [9.17, 15) is 4.39 Å². The molecule has 1 aromatic carbocycles. The van der Waals surface area contributed by atoms with E-state index in [0.717, 1.165) is 10.4 Å². The van der Waals surface area contributed by atoms with Gasteiger partial charge < -0.3 is 10.1 Å². The summed E-state index contributed by atoms with van der Waals surface area (Å²) in [6.45, 7) is 7.23. The lowest BCUT2D eigenvalue weighted by atomic mass is 10.1. The van der Waals surface area contributed by atoms with Crippen molar-refractivity contribution < 1.29 is 9.13 Å². The smallest absolute Gasteiger partial charge is 0.165 e. The molecule has 0 aliphatic rings. The van der Waals surface area contributed by atoms with Gasteiger partial charge in [0.2, 0.25) is 0 Å². The Hall–Kier alpha value is -1.39. The largest absolute Gasteiger partial charge is 0.485 e. The molecule has 1 aromatic heterocycles. The third-order valence-corrected chi connectivity index (χ3v) is 3.65. The van der Waals surface area contributed by atoms with Crippen molar-refractivity contribution in [2.24, 2.45) is 0 Å². The van der Waals surface area contributed by atoms with Gasteiger partial charge >= 0.3 is 0 Å². The highest BCUT2D eigenvalue weighted by Crippen LogP contribution is 2.25. The van der Waals surface area contributed by atoms with E-state index in [1.807, 2.05) is 23.6 Å². The van der Waals surface area contributed by atoms with Crippen LogP contribution in [0.1, 0.15) is 31.2 Å². The van der Waals surface area contributed by atoms with E-state index < -0.39 is 0 Å². The molecular formula is C16H20FNOS. The van der Waals surface area contributed by atoms with E-state index in [1.54, 1.807) is 17.4 Å². The number of halogens is 1. The molecule has 0 atom stereocenters. The van der Waals surface area contributed by atoms with Gasteiger partial charge in [0.25, 0.3) is 0 Å². The predicted molar refractivity (Wildman–Crippen MR) is 81.6 cm³/mol. The van der Waals surface area contributed by atoms with Gasteiger partial charge in [0.05, 0.1) is 0 Å². The first-order chi connectivity index (χ1) is 9.46. The average molecular weight is 293 g/mol. The maximum atomic E-state index is 13.9. The zero-order valence-corrected chi connectivity index (χ0v) is 12.9. The molecule has 20 heavy (non-hydrogen) atoms. The maximum absolute atomic E-state index is 13.9. The van der Waals surface area contributed by atoms with Gasteiger partial charge in [-0.15, -0.1) is 11.3 Å². The first kappa shape index (κ1) is 15.0.